The highest BCUT2D eigenvalue weighted by Gasteiger charge is 2.27. The summed E-state index contributed by atoms with van der Waals surface area (Å²) in [5.41, 5.74) is -1.18. The van der Waals surface area contributed by atoms with E-state index in [9.17, 15) is 28.1 Å². The Balaban J connectivity index is 2.37. The number of hydrogen-bond acceptors (Lipinski definition) is 5. The van der Waals surface area contributed by atoms with Crippen molar-refractivity contribution in [3.05, 3.63) is 46.0 Å². The van der Waals surface area contributed by atoms with E-state index in [0.717, 1.165) is 23.0 Å². The van der Waals surface area contributed by atoms with Gasteiger partial charge in [-0.05, 0) is 19.1 Å². The van der Waals surface area contributed by atoms with Crippen molar-refractivity contribution in [3.63, 3.8) is 0 Å². The summed E-state index contributed by atoms with van der Waals surface area (Å²) in [5, 5.41) is 16.9. The zero-order chi connectivity index (χ0) is 17.9. The Labute approximate surface area is 133 Å². The van der Waals surface area contributed by atoms with Gasteiger partial charge in [-0.2, -0.15) is 13.9 Å². The Morgan fingerprint density at radius 1 is 1.50 bits per heavy atom. The van der Waals surface area contributed by atoms with E-state index in [-0.39, 0.29) is 17.9 Å². The molecule has 0 bridgehead atoms. The molecular weight excluding hydrogens is 333 g/mol. The van der Waals surface area contributed by atoms with Crippen molar-refractivity contribution in [2.45, 2.75) is 20.1 Å². The SMILES string of the molecule is CCn1ncc([N+](=O)[O-])c1C(=O)Nc1ccc(F)cc1OC(F)F. The lowest BCUT2D eigenvalue weighted by Gasteiger charge is -2.12. The maximum atomic E-state index is 13.2. The highest BCUT2D eigenvalue weighted by molar-refractivity contribution is 6.06. The van der Waals surface area contributed by atoms with Crippen molar-refractivity contribution in [1.29, 1.82) is 0 Å². The van der Waals surface area contributed by atoms with Gasteiger partial charge in [0.2, 0.25) is 5.69 Å². The second kappa shape index (κ2) is 6.98. The number of rotatable bonds is 6. The van der Waals surface area contributed by atoms with E-state index in [1.807, 2.05) is 0 Å². The van der Waals surface area contributed by atoms with Crippen LogP contribution >= 0.6 is 0 Å². The minimum absolute atomic E-state index is 0.167. The van der Waals surface area contributed by atoms with Gasteiger partial charge in [0.25, 0.3) is 5.91 Å². The van der Waals surface area contributed by atoms with Gasteiger partial charge in [-0.15, -0.1) is 0 Å². The molecule has 0 spiro atoms. The van der Waals surface area contributed by atoms with Crippen molar-refractivity contribution >= 4 is 17.3 Å². The topological polar surface area (TPSA) is 99.3 Å². The van der Waals surface area contributed by atoms with Crippen LogP contribution in [0.4, 0.5) is 24.5 Å². The van der Waals surface area contributed by atoms with Gasteiger partial charge < -0.3 is 10.1 Å². The summed E-state index contributed by atoms with van der Waals surface area (Å²) < 4.78 is 43.1. The molecule has 1 amide bonds. The highest BCUT2D eigenvalue weighted by Crippen LogP contribution is 2.28. The molecule has 2 aromatic rings. The number of nitro groups is 1. The Morgan fingerprint density at radius 3 is 2.79 bits per heavy atom. The fraction of sp³-hybridized carbons (Fsp3) is 0.231. The van der Waals surface area contributed by atoms with E-state index in [1.54, 1.807) is 6.92 Å². The van der Waals surface area contributed by atoms with E-state index in [1.165, 1.54) is 0 Å². The lowest BCUT2D eigenvalue weighted by atomic mass is 10.2. The summed E-state index contributed by atoms with van der Waals surface area (Å²) in [7, 11) is 0. The van der Waals surface area contributed by atoms with Crippen molar-refractivity contribution in [3.8, 4) is 5.75 Å². The number of carbonyl (C=O) groups is 1. The fourth-order valence-corrected chi connectivity index (χ4v) is 1.96. The number of amides is 1. The molecule has 1 heterocycles. The molecule has 11 heteroatoms. The van der Waals surface area contributed by atoms with Crippen molar-refractivity contribution < 1.29 is 27.6 Å². The van der Waals surface area contributed by atoms with Crippen LogP contribution in [0.1, 0.15) is 17.4 Å². The van der Waals surface area contributed by atoms with Gasteiger partial charge in [-0.25, -0.2) is 4.39 Å². The molecule has 0 aliphatic carbocycles. The van der Waals surface area contributed by atoms with Gasteiger partial charge in [0.15, 0.2) is 5.75 Å². The largest absolute Gasteiger partial charge is 0.432 e. The average Bonchev–Trinajstić information content (AvgIpc) is 2.93. The molecule has 128 valence electrons. The molecule has 0 radical (unpaired) electrons. The predicted molar refractivity (Wildman–Crippen MR) is 75.5 cm³/mol. The van der Waals surface area contributed by atoms with Gasteiger partial charge >= 0.3 is 12.3 Å². The van der Waals surface area contributed by atoms with Gasteiger partial charge in [0.05, 0.1) is 10.6 Å². The van der Waals surface area contributed by atoms with Crippen LogP contribution in [0.25, 0.3) is 0 Å². The standard InChI is InChI=1S/C13H11F3N4O4/c1-2-19-11(9(6-17-19)20(22)23)12(21)18-8-4-3-7(14)5-10(8)24-13(15)16/h3-6,13H,2H2,1H3,(H,18,21). The van der Waals surface area contributed by atoms with Gasteiger partial charge in [0.1, 0.15) is 12.0 Å². The van der Waals surface area contributed by atoms with Crippen molar-refractivity contribution in [2.75, 3.05) is 5.32 Å². The summed E-state index contributed by atoms with van der Waals surface area (Å²) in [6.07, 6.45) is 0.902. The quantitative estimate of drug-likeness (QED) is 0.642. The van der Waals surface area contributed by atoms with E-state index in [0.29, 0.717) is 6.07 Å². The molecule has 0 aliphatic heterocycles. The molecule has 0 atom stereocenters. The van der Waals surface area contributed by atoms with E-state index < -0.39 is 34.7 Å². The molecular formula is C13H11F3N4O4. The Bertz CT molecular complexity index is 779. The molecule has 0 saturated carbocycles. The number of carbonyl (C=O) groups excluding carboxylic acids is 1. The van der Waals surface area contributed by atoms with Gasteiger partial charge in [-0.1, -0.05) is 0 Å². The number of ether oxygens (including phenoxy) is 1. The first-order valence-electron chi connectivity index (χ1n) is 6.59. The number of aromatic nitrogens is 2. The van der Waals surface area contributed by atoms with Crippen molar-refractivity contribution in [2.24, 2.45) is 0 Å². The first-order valence-corrected chi connectivity index (χ1v) is 6.59. The molecule has 8 nitrogen and oxygen atoms in total. The molecule has 0 saturated heterocycles. The van der Waals surface area contributed by atoms with Gasteiger partial charge in [-0.3, -0.25) is 19.6 Å². The highest BCUT2D eigenvalue weighted by atomic mass is 19.3. The van der Waals surface area contributed by atoms with Crippen LogP contribution in [-0.2, 0) is 6.54 Å². The first-order chi connectivity index (χ1) is 11.3. The van der Waals surface area contributed by atoms with Gasteiger partial charge in [0, 0.05) is 12.6 Å². The maximum absolute atomic E-state index is 13.2. The predicted octanol–water partition coefficient (Wildman–Crippen LogP) is 2.80. The molecule has 0 fully saturated rings. The minimum atomic E-state index is -3.24. The van der Waals surface area contributed by atoms with E-state index >= 15 is 0 Å². The second-order valence-corrected chi connectivity index (χ2v) is 4.42. The minimum Gasteiger partial charge on any atom is -0.432 e. The number of benzene rings is 1. The third-order valence-corrected chi connectivity index (χ3v) is 2.94. The molecule has 0 unspecified atom stereocenters. The Hall–Kier alpha value is -3.11. The number of nitrogens with zero attached hydrogens (tertiary/aromatic N) is 3. The lowest BCUT2D eigenvalue weighted by molar-refractivity contribution is -0.385. The van der Waals surface area contributed by atoms with E-state index in [2.05, 4.69) is 15.2 Å². The summed E-state index contributed by atoms with van der Waals surface area (Å²) in [6.45, 7) is -1.46. The van der Waals surface area contributed by atoms with Crippen LogP contribution in [0, 0.1) is 15.9 Å². The van der Waals surface area contributed by atoms with Crippen LogP contribution in [0.2, 0.25) is 0 Å². The normalized spacial score (nSPS) is 10.7. The summed E-state index contributed by atoms with van der Waals surface area (Å²) in [5.74, 6) is -2.43. The number of anilines is 1. The van der Waals surface area contributed by atoms with Crippen LogP contribution < -0.4 is 10.1 Å². The average molecular weight is 344 g/mol. The smallest absolute Gasteiger partial charge is 0.387 e. The first kappa shape index (κ1) is 17.2. The number of halogens is 3. The molecule has 1 aromatic carbocycles. The van der Waals surface area contributed by atoms with Crippen LogP contribution in [0.3, 0.4) is 0 Å². The lowest BCUT2D eigenvalue weighted by Crippen LogP contribution is -2.19. The van der Waals surface area contributed by atoms with Crippen LogP contribution in [0.5, 0.6) is 5.75 Å². The number of nitrogens with one attached hydrogen (secondary N) is 1. The van der Waals surface area contributed by atoms with E-state index in [4.69, 9.17) is 0 Å². The third-order valence-electron chi connectivity index (χ3n) is 2.94. The fourth-order valence-electron chi connectivity index (χ4n) is 1.96. The molecule has 24 heavy (non-hydrogen) atoms. The molecule has 1 aromatic heterocycles. The maximum Gasteiger partial charge on any atom is 0.387 e. The summed E-state index contributed by atoms with van der Waals surface area (Å²) in [4.78, 5) is 22.5. The summed E-state index contributed by atoms with van der Waals surface area (Å²) >= 11 is 0. The number of aryl methyl sites for hydroxylation is 1. The summed E-state index contributed by atoms with van der Waals surface area (Å²) in [6, 6.07) is 2.58. The van der Waals surface area contributed by atoms with Crippen molar-refractivity contribution in [1.82, 2.24) is 9.78 Å². The molecule has 2 rings (SSSR count). The third kappa shape index (κ3) is 3.62. The second-order valence-electron chi connectivity index (χ2n) is 4.42. The molecule has 0 aliphatic rings. The zero-order valence-electron chi connectivity index (χ0n) is 12.2. The van der Waals surface area contributed by atoms with Crippen LogP contribution in [-0.4, -0.2) is 27.2 Å². The van der Waals surface area contributed by atoms with Crippen LogP contribution in [0.15, 0.2) is 24.4 Å². The Morgan fingerprint density at radius 2 is 2.21 bits per heavy atom. The number of alkyl halides is 2. The Kier molecular flexibility index (Phi) is 5.02. The zero-order valence-corrected chi connectivity index (χ0v) is 12.2. The number of hydrogen-bond donors (Lipinski definition) is 1. The molecule has 1 N–H and O–H groups in total. The monoisotopic (exact) mass is 344 g/mol.